The first-order chi connectivity index (χ1) is 6.56. The summed E-state index contributed by atoms with van der Waals surface area (Å²) in [6.45, 7) is 0. The highest BCUT2D eigenvalue weighted by atomic mass is 32.2. The van der Waals surface area contributed by atoms with Crippen molar-refractivity contribution in [3.8, 4) is 0 Å². The second kappa shape index (κ2) is 4.23. The lowest BCUT2D eigenvalue weighted by atomic mass is 10.1. The zero-order valence-corrected chi connectivity index (χ0v) is 8.10. The zero-order chi connectivity index (χ0) is 10.7. The summed E-state index contributed by atoms with van der Waals surface area (Å²) in [5.41, 5.74) is -0.146. The van der Waals surface area contributed by atoms with E-state index in [1.165, 1.54) is 23.9 Å². The number of ketones is 1. The largest absolute Gasteiger partial charge is 0.475 e. The summed E-state index contributed by atoms with van der Waals surface area (Å²) in [6, 6.07) is 3.61. The van der Waals surface area contributed by atoms with Crippen molar-refractivity contribution in [1.82, 2.24) is 0 Å². The van der Waals surface area contributed by atoms with Gasteiger partial charge in [-0.1, -0.05) is 0 Å². The maximum Gasteiger partial charge on any atom is 0.377 e. The Morgan fingerprint density at radius 3 is 2.50 bits per heavy atom. The lowest BCUT2D eigenvalue weighted by Crippen LogP contribution is -2.12. The molecule has 3 nitrogen and oxygen atoms in total. The summed E-state index contributed by atoms with van der Waals surface area (Å²) >= 11 is 1.19. The SMILES string of the molecule is CSc1ccc(C(=O)C(=O)O)cc1F. The molecule has 14 heavy (non-hydrogen) atoms. The molecule has 5 heteroatoms. The fraction of sp³-hybridized carbons (Fsp3) is 0.111. The maximum atomic E-state index is 13.1. The molecule has 0 aliphatic heterocycles. The summed E-state index contributed by atoms with van der Waals surface area (Å²) in [6.07, 6.45) is 1.69. The smallest absolute Gasteiger partial charge is 0.377 e. The van der Waals surface area contributed by atoms with Crippen molar-refractivity contribution in [2.24, 2.45) is 0 Å². The number of carboxylic acid groups (broad SMARTS) is 1. The Morgan fingerprint density at radius 2 is 2.07 bits per heavy atom. The first-order valence-electron chi connectivity index (χ1n) is 3.67. The standard InChI is InChI=1S/C9H7FO3S/c1-14-7-3-2-5(4-6(7)10)8(11)9(12)13/h2-4H,1H3,(H,12,13). The fourth-order valence-corrected chi connectivity index (χ4v) is 1.39. The van der Waals surface area contributed by atoms with Gasteiger partial charge in [0.25, 0.3) is 5.78 Å². The number of carboxylic acids is 1. The molecular formula is C9H7FO3S. The van der Waals surface area contributed by atoms with Crippen molar-refractivity contribution in [3.63, 3.8) is 0 Å². The molecule has 1 aromatic carbocycles. The lowest BCUT2D eigenvalue weighted by Gasteiger charge is -2.00. The molecule has 1 rings (SSSR count). The van der Waals surface area contributed by atoms with Gasteiger partial charge in [-0.15, -0.1) is 11.8 Å². The molecule has 74 valence electrons. The molecule has 0 saturated carbocycles. The molecule has 1 aromatic rings. The van der Waals surface area contributed by atoms with Gasteiger partial charge in [0, 0.05) is 10.5 Å². The maximum absolute atomic E-state index is 13.1. The van der Waals surface area contributed by atoms with Crippen molar-refractivity contribution in [1.29, 1.82) is 0 Å². The molecule has 1 N–H and O–H groups in total. The summed E-state index contributed by atoms with van der Waals surface area (Å²) in [5, 5.41) is 8.38. The van der Waals surface area contributed by atoms with Crippen LogP contribution in [0.3, 0.4) is 0 Å². The molecular weight excluding hydrogens is 207 g/mol. The Morgan fingerprint density at radius 1 is 1.43 bits per heavy atom. The van der Waals surface area contributed by atoms with Gasteiger partial charge in [0.2, 0.25) is 0 Å². The predicted octanol–water partition coefficient (Wildman–Crippen LogP) is 1.81. The Bertz CT molecular complexity index is 390. The van der Waals surface area contributed by atoms with Crippen LogP contribution in [-0.2, 0) is 4.79 Å². The van der Waals surface area contributed by atoms with Crippen LogP contribution in [0.5, 0.6) is 0 Å². The summed E-state index contributed by atoms with van der Waals surface area (Å²) in [7, 11) is 0. The van der Waals surface area contributed by atoms with Gasteiger partial charge in [-0.25, -0.2) is 9.18 Å². The van der Waals surface area contributed by atoms with Gasteiger partial charge >= 0.3 is 5.97 Å². The fourth-order valence-electron chi connectivity index (χ4n) is 0.931. The van der Waals surface area contributed by atoms with Crippen molar-refractivity contribution in [2.45, 2.75) is 4.90 Å². The quantitative estimate of drug-likeness (QED) is 0.473. The first kappa shape index (κ1) is 10.7. The average Bonchev–Trinajstić information content (AvgIpc) is 2.16. The number of rotatable bonds is 3. The molecule has 0 aromatic heterocycles. The molecule has 0 heterocycles. The van der Waals surface area contributed by atoms with Crippen LogP contribution in [0.15, 0.2) is 23.1 Å². The van der Waals surface area contributed by atoms with Crippen LogP contribution in [0.4, 0.5) is 4.39 Å². The van der Waals surface area contributed by atoms with E-state index in [0.717, 1.165) is 6.07 Å². The number of hydrogen-bond acceptors (Lipinski definition) is 3. The summed E-state index contributed by atoms with van der Waals surface area (Å²) in [4.78, 5) is 21.6. The van der Waals surface area contributed by atoms with Gasteiger partial charge in [-0.05, 0) is 24.5 Å². The molecule has 0 saturated heterocycles. The molecule has 0 fully saturated rings. The Labute approximate surface area is 83.9 Å². The highest BCUT2D eigenvalue weighted by molar-refractivity contribution is 7.98. The van der Waals surface area contributed by atoms with Gasteiger partial charge in [-0.3, -0.25) is 4.79 Å². The molecule has 0 bridgehead atoms. The molecule has 0 atom stereocenters. The summed E-state index contributed by atoms with van der Waals surface area (Å²) in [5.74, 6) is -3.26. The highest BCUT2D eigenvalue weighted by Crippen LogP contribution is 2.20. The minimum Gasteiger partial charge on any atom is -0.475 e. The third kappa shape index (κ3) is 2.11. The number of carbonyl (C=O) groups excluding carboxylic acids is 1. The second-order valence-electron chi connectivity index (χ2n) is 2.48. The minimum absolute atomic E-state index is 0.146. The second-order valence-corrected chi connectivity index (χ2v) is 3.33. The van der Waals surface area contributed by atoms with Crippen molar-refractivity contribution < 1.29 is 19.1 Å². The van der Waals surface area contributed by atoms with Gasteiger partial charge in [0.1, 0.15) is 5.82 Å². The Kier molecular flexibility index (Phi) is 3.24. The minimum atomic E-state index is -1.58. The van der Waals surface area contributed by atoms with E-state index in [0.29, 0.717) is 4.90 Å². The Hall–Kier alpha value is -1.36. The molecule has 0 amide bonds. The van der Waals surface area contributed by atoms with Crippen LogP contribution >= 0.6 is 11.8 Å². The van der Waals surface area contributed by atoms with Crippen LogP contribution < -0.4 is 0 Å². The third-order valence-electron chi connectivity index (χ3n) is 1.61. The van der Waals surface area contributed by atoms with E-state index >= 15 is 0 Å². The van der Waals surface area contributed by atoms with E-state index in [9.17, 15) is 14.0 Å². The molecule has 0 radical (unpaired) electrons. The monoisotopic (exact) mass is 214 g/mol. The average molecular weight is 214 g/mol. The van der Waals surface area contributed by atoms with E-state index in [2.05, 4.69) is 0 Å². The number of Topliss-reactive ketones (excluding diaryl/α,β-unsaturated/α-hetero) is 1. The topological polar surface area (TPSA) is 54.4 Å². The van der Waals surface area contributed by atoms with Crippen LogP contribution in [0.1, 0.15) is 10.4 Å². The number of thioether (sulfide) groups is 1. The number of hydrogen-bond donors (Lipinski definition) is 1. The van der Waals surface area contributed by atoms with Crippen LogP contribution in [-0.4, -0.2) is 23.1 Å². The highest BCUT2D eigenvalue weighted by Gasteiger charge is 2.15. The van der Waals surface area contributed by atoms with Gasteiger partial charge in [-0.2, -0.15) is 0 Å². The van der Waals surface area contributed by atoms with Crippen LogP contribution in [0, 0.1) is 5.82 Å². The van der Waals surface area contributed by atoms with Crippen molar-refractivity contribution in [3.05, 3.63) is 29.6 Å². The summed E-state index contributed by atoms with van der Waals surface area (Å²) < 4.78 is 13.1. The Balaban J connectivity index is 3.09. The third-order valence-corrected chi connectivity index (χ3v) is 2.38. The van der Waals surface area contributed by atoms with E-state index in [1.54, 1.807) is 6.26 Å². The van der Waals surface area contributed by atoms with Crippen molar-refractivity contribution >= 4 is 23.5 Å². The predicted molar refractivity (Wildman–Crippen MR) is 50.1 cm³/mol. The number of carbonyl (C=O) groups is 2. The lowest BCUT2D eigenvalue weighted by molar-refractivity contribution is -0.131. The van der Waals surface area contributed by atoms with E-state index in [-0.39, 0.29) is 5.56 Å². The van der Waals surface area contributed by atoms with Gasteiger partial charge in [0.05, 0.1) is 0 Å². The van der Waals surface area contributed by atoms with Gasteiger partial charge < -0.3 is 5.11 Å². The van der Waals surface area contributed by atoms with Crippen LogP contribution in [0.2, 0.25) is 0 Å². The van der Waals surface area contributed by atoms with E-state index in [1.807, 2.05) is 0 Å². The van der Waals surface area contributed by atoms with E-state index in [4.69, 9.17) is 5.11 Å². The molecule has 0 aliphatic carbocycles. The first-order valence-corrected chi connectivity index (χ1v) is 4.90. The number of halogens is 1. The molecule has 0 spiro atoms. The molecule has 0 unspecified atom stereocenters. The normalized spacial score (nSPS) is 9.86. The van der Waals surface area contributed by atoms with E-state index < -0.39 is 17.6 Å². The molecule has 0 aliphatic rings. The van der Waals surface area contributed by atoms with Gasteiger partial charge in [0.15, 0.2) is 0 Å². The van der Waals surface area contributed by atoms with Crippen LogP contribution in [0.25, 0.3) is 0 Å². The number of aliphatic carboxylic acids is 1. The number of benzene rings is 1. The zero-order valence-electron chi connectivity index (χ0n) is 7.28. The van der Waals surface area contributed by atoms with Crippen molar-refractivity contribution in [2.75, 3.05) is 6.26 Å².